The minimum absolute atomic E-state index is 0.00349. The molecular formula is C23H23BrN6O. The molecule has 1 aliphatic heterocycles. The van der Waals surface area contributed by atoms with Crippen molar-refractivity contribution in [2.75, 3.05) is 31.1 Å². The maximum atomic E-state index is 13.2. The molecule has 0 radical (unpaired) electrons. The predicted octanol–water partition coefficient (Wildman–Crippen LogP) is 4.08. The highest BCUT2D eigenvalue weighted by molar-refractivity contribution is 9.10. The molecule has 3 heterocycles. The minimum Gasteiger partial charge on any atom is -0.353 e. The smallest absolute Gasteiger partial charge is 0.275 e. The van der Waals surface area contributed by atoms with Crippen LogP contribution in [-0.2, 0) is 7.05 Å². The monoisotopic (exact) mass is 478 g/mol. The van der Waals surface area contributed by atoms with Crippen LogP contribution in [0.3, 0.4) is 0 Å². The van der Waals surface area contributed by atoms with Gasteiger partial charge >= 0.3 is 0 Å². The van der Waals surface area contributed by atoms with Gasteiger partial charge in [0.2, 0.25) is 0 Å². The van der Waals surface area contributed by atoms with E-state index in [-0.39, 0.29) is 5.91 Å². The number of rotatable bonds is 3. The average Bonchev–Trinajstić information content (AvgIpc) is 3.32. The molecule has 2 aromatic carbocycles. The third kappa shape index (κ3) is 3.83. The fourth-order valence-electron chi connectivity index (χ4n) is 4.12. The van der Waals surface area contributed by atoms with Crippen molar-refractivity contribution in [2.45, 2.75) is 6.42 Å². The first-order valence-electron chi connectivity index (χ1n) is 10.4. The number of nitrogens with one attached hydrogen (secondary N) is 1. The molecule has 0 spiro atoms. The Kier molecular flexibility index (Phi) is 5.23. The summed E-state index contributed by atoms with van der Waals surface area (Å²) in [6.07, 6.45) is 0.886. The molecule has 2 aromatic heterocycles. The van der Waals surface area contributed by atoms with E-state index in [1.807, 2.05) is 48.3 Å². The number of aryl methyl sites for hydroxylation is 1. The van der Waals surface area contributed by atoms with Crippen molar-refractivity contribution in [3.8, 4) is 11.3 Å². The molecule has 1 N–H and O–H groups in total. The summed E-state index contributed by atoms with van der Waals surface area (Å²) in [5.41, 5.74) is 3.58. The molecule has 1 fully saturated rings. The van der Waals surface area contributed by atoms with Crippen molar-refractivity contribution >= 4 is 38.6 Å². The van der Waals surface area contributed by atoms with Gasteiger partial charge in [0.25, 0.3) is 5.91 Å². The Hall–Kier alpha value is -3.13. The first-order chi connectivity index (χ1) is 15.1. The number of anilines is 1. The fraction of sp³-hybridized carbons (Fsp3) is 0.261. The van der Waals surface area contributed by atoms with Gasteiger partial charge in [-0.2, -0.15) is 10.2 Å². The van der Waals surface area contributed by atoms with Crippen LogP contribution in [0.25, 0.3) is 22.2 Å². The molecule has 31 heavy (non-hydrogen) atoms. The van der Waals surface area contributed by atoms with Gasteiger partial charge in [-0.05, 0) is 30.2 Å². The van der Waals surface area contributed by atoms with E-state index in [1.54, 1.807) is 4.68 Å². The Labute approximate surface area is 188 Å². The number of amides is 1. The van der Waals surface area contributed by atoms with Gasteiger partial charge in [0, 0.05) is 49.2 Å². The number of aromatic amines is 1. The standard InChI is InChI=1S/C23H23BrN6O/c1-28-20-6-3-2-5-18(20)22(27-28)23(31)30-12-4-11-29(13-14-30)21-15-19(25-26-21)16-7-9-17(24)10-8-16/h2-3,5-10,15H,4,11-14H2,1H3,(H,25,26). The lowest BCUT2D eigenvalue weighted by Gasteiger charge is -2.21. The molecular weight excluding hydrogens is 456 g/mol. The van der Waals surface area contributed by atoms with E-state index in [2.05, 4.69) is 54.3 Å². The summed E-state index contributed by atoms with van der Waals surface area (Å²) in [6, 6.07) is 18.1. The summed E-state index contributed by atoms with van der Waals surface area (Å²) < 4.78 is 2.83. The molecule has 4 aromatic rings. The molecule has 0 atom stereocenters. The van der Waals surface area contributed by atoms with Gasteiger partial charge in [0.15, 0.2) is 11.5 Å². The summed E-state index contributed by atoms with van der Waals surface area (Å²) in [5.74, 6) is 0.909. The Morgan fingerprint density at radius 3 is 2.68 bits per heavy atom. The van der Waals surface area contributed by atoms with Gasteiger partial charge in [-0.1, -0.05) is 46.3 Å². The van der Waals surface area contributed by atoms with Crippen molar-refractivity contribution in [1.29, 1.82) is 0 Å². The number of H-pyrrole nitrogens is 1. The van der Waals surface area contributed by atoms with Gasteiger partial charge < -0.3 is 9.80 Å². The van der Waals surface area contributed by atoms with Crippen molar-refractivity contribution in [1.82, 2.24) is 24.9 Å². The van der Waals surface area contributed by atoms with Crippen molar-refractivity contribution < 1.29 is 4.79 Å². The van der Waals surface area contributed by atoms with Crippen LogP contribution in [0.2, 0.25) is 0 Å². The minimum atomic E-state index is -0.00349. The Balaban J connectivity index is 1.31. The molecule has 5 rings (SSSR count). The SMILES string of the molecule is Cn1nc(C(=O)N2CCCN(c3cc(-c4ccc(Br)cc4)[nH]n3)CC2)c2ccccc21. The predicted molar refractivity (Wildman–Crippen MR) is 125 cm³/mol. The lowest BCUT2D eigenvalue weighted by atomic mass is 10.1. The van der Waals surface area contributed by atoms with E-state index in [1.165, 1.54) is 0 Å². The summed E-state index contributed by atoms with van der Waals surface area (Å²) in [6.45, 7) is 2.95. The molecule has 0 bridgehead atoms. The first-order valence-corrected chi connectivity index (χ1v) is 11.2. The van der Waals surface area contributed by atoms with E-state index in [9.17, 15) is 4.79 Å². The largest absolute Gasteiger partial charge is 0.353 e. The number of carbonyl (C=O) groups is 1. The highest BCUT2D eigenvalue weighted by Gasteiger charge is 2.25. The molecule has 1 saturated heterocycles. The number of hydrogen-bond acceptors (Lipinski definition) is 4. The number of nitrogens with zero attached hydrogens (tertiary/aromatic N) is 5. The van der Waals surface area contributed by atoms with Crippen LogP contribution in [0.1, 0.15) is 16.9 Å². The van der Waals surface area contributed by atoms with Gasteiger partial charge in [-0.15, -0.1) is 0 Å². The van der Waals surface area contributed by atoms with Gasteiger partial charge in [0.05, 0.1) is 11.2 Å². The van der Waals surface area contributed by atoms with Crippen LogP contribution >= 0.6 is 15.9 Å². The topological polar surface area (TPSA) is 70.1 Å². The van der Waals surface area contributed by atoms with Crippen molar-refractivity contribution in [2.24, 2.45) is 7.05 Å². The quantitative estimate of drug-likeness (QED) is 0.481. The Morgan fingerprint density at radius 2 is 1.84 bits per heavy atom. The van der Waals surface area contributed by atoms with Gasteiger partial charge in [-0.25, -0.2) is 0 Å². The second-order valence-electron chi connectivity index (χ2n) is 7.77. The molecule has 158 valence electrons. The molecule has 7 nitrogen and oxygen atoms in total. The van der Waals surface area contributed by atoms with E-state index < -0.39 is 0 Å². The van der Waals surface area contributed by atoms with Crippen LogP contribution < -0.4 is 4.90 Å². The number of fused-ring (bicyclic) bond motifs is 1. The first kappa shape index (κ1) is 19.8. The number of benzene rings is 2. The van der Waals surface area contributed by atoms with E-state index in [4.69, 9.17) is 0 Å². The van der Waals surface area contributed by atoms with Crippen LogP contribution in [0.5, 0.6) is 0 Å². The van der Waals surface area contributed by atoms with Crippen LogP contribution in [0, 0.1) is 0 Å². The fourth-order valence-corrected chi connectivity index (χ4v) is 4.39. The number of carbonyl (C=O) groups excluding carboxylic acids is 1. The number of hydrogen-bond donors (Lipinski definition) is 1. The average molecular weight is 479 g/mol. The zero-order valence-electron chi connectivity index (χ0n) is 17.3. The number of aromatic nitrogens is 4. The molecule has 8 heteroatoms. The maximum absolute atomic E-state index is 13.2. The normalized spacial score (nSPS) is 14.8. The summed E-state index contributed by atoms with van der Waals surface area (Å²) in [5, 5.41) is 13.1. The maximum Gasteiger partial charge on any atom is 0.275 e. The van der Waals surface area contributed by atoms with E-state index in [0.717, 1.165) is 52.0 Å². The Bertz CT molecular complexity index is 1230. The highest BCUT2D eigenvalue weighted by atomic mass is 79.9. The summed E-state index contributed by atoms with van der Waals surface area (Å²) in [4.78, 5) is 17.4. The van der Waals surface area contributed by atoms with Crippen LogP contribution in [-0.4, -0.2) is 57.0 Å². The van der Waals surface area contributed by atoms with E-state index >= 15 is 0 Å². The van der Waals surface area contributed by atoms with Crippen LogP contribution in [0.15, 0.2) is 59.1 Å². The molecule has 1 amide bonds. The zero-order chi connectivity index (χ0) is 21.4. The number of halogens is 1. The lowest BCUT2D eigenvalue weighted by Crippen LogP contribution is -2.35. The lowest BCUT2D eigenvalue weighted by molar-refractivity contribution is 0.0762. The second-order valence-corrected chi connectivity index (χ2v) is 8.68. The van der Waals surface area contributed by atoms with Crippen molar-refractivity contribution in [3.05, 3.63) is 64.8 Å². The third-order valence-corrected chi connectivity index (χ3v) is 6.32. The molecule has 0 unspecified atom stereocenters. The molecule has 0 saturated carbocycles. The highest BCUT2D eigenvalue weighted by Crippen LogP contribution is 2.25. The zero-order valence-corrected chi connectivity index (χ0v) is 18.8. The number of para-hydroxylation sites is 1. The molecule has 1 aliphatic rings. The molecule has 0 aliphatic carbocycles. The van der Waals surface area contributed by atoms with Gasteiger partial charge in [0.1, 0.15) is 0 Å². The summed E-state index contributed by atoms with van der Waals surface area (Å²) in [7, 11) is 1.88. The van der Waals surface area contributed by atoms with E-state index in [0.29, 0.717) is 18.8 Å². The second kappa shape index (κ2) is 8.19. The summed E-state index contributed by atoms with van der Waals surface area (Å²) >= 11 is 3.47. The third-order valence-electron chi connectivity index (χ3n) is 5.79. The Morgan fingerprint density at radius 1 is 1.03 bits per heavy atom. The van der Waals surface area contributed by atoms with Gasteiger partial charge in [-0.3, -0.25) is 14.6 Å². The van der Waals surface area contributed by atoms with Crippen molar-refractivity contribution in [3.63, 3.8) is 0 Å². The van der Waals surface area contributed by atoms with Crippen LogP contribution in [0.4, 0.5) is 5.82 Å².